The number of phenolic OH excluding ortho intramolecular Hbond substituents is 1. The van der Waals surface area contributed by atoms with E-state index in [1.807, 2.05) is 6.07 Å². The van der Waals surface area contributed by atoms with Gasteiger partial charge in [0.15, 0.2) is 0 Å². The van der Waals surface area contributed by atoms with Gasteiger partial charge in [-0.25, -0.2) is 5.43 Å². The van der Waals surface area contributed by atoms with Gasteiger partial charge in [-0.05, 0) is 54.4 Å². The number of anilines is 1. The van der Waals surface area contributed by atoms with Crippen LogP contribution in [0, 0.1) is 0 Å². The zero-order valence-corrected chi connectivity index (χ0v) is 16.2. The molecule has 3 rings (SSSR count). The third kappa shape index (κ3) is 5.20. The summed E-state index contributed by atoms with van der Waals surface area (Å²) in [6.07, 6.45) is 3.62. The molecule has 0 bridgehead atoms. The summed E-state index contributed by atoms with van der Waals surface area (Å²) in [7, 11) is 0. The number of para-hydroxylation sites is 1. The molecule has 0 aliphatic rings. The number of amides is 2. The highest BCUT2D eigenvalue weighted by molar-refractivity contribution is 6.04. The van der Waals surface area contributed by atoms with Crippen molar-refractivity contribution >= 4 is 23.7 Å². The molecule has 150 valence electrons. The molecule has 3 N–H and O–H groups in total. The summed E-state index contributed by atoms with van der Waals surface area (Å²) in [5.41, 5.74) is 5.16. The average molecular weight is 399 g/mol. The molecule has 3 aromatic rings. The van der Waals surface area contributed by atoms with Gasteiger partial charge in [-0.3, -0.25) is 9.59 Å². The van der Waals surface area contributed by atoms with Gasteiger partial charge in [0.1, 0.15) is 5.75 Å². The molecule has 6 nitrogen and oxygen atoms in total. The summed E-state index contributed by atoms with van der Waals surface area (Å²) in [6.45, 7) is 3.66. The van der Waals surface area contributed by atoms with Gasteiger partial charge >= 0.3 is 0 Å². The molecule has 0 saturated carbocycles. The van der Waals surface area contributed by atoms with Crippen molar-refractivity contribution < 1.29 is 14.7 Å². The average Bonchev–Trinajstić information content (AvgIpc) is 2.77. The van der Waals surface area contributed by atoms with E-state index < -0.39 is 5.91 Å². The lowest BCUT2D eigenvalue weighted by atomic mass is 10.1. The van der Waals surface area contributed by atoms with Crippen molar-refractivity contribution in [2.24, 2.45) is 5.10 Å². The summed E-state index contributed by atoms with van der Waals surface area (Å²) in [5.74, 6) is -0.529. The van der Waals surface area contributed by atoms with Crippen molar-refractivity contribution in [3.8, 4) is 5.75 Å². The number of carbonyl (C=O) groups is 2. The van der Waals surface area contributed by atoms with E-state index in [1.54, 1.807) is 72.8 Å². The van der Waals surface area contributed by atoms with Crippen molar-refractivity contribution in [3.05, 3.63) is 108 Å². The van der Waals surface area contributed by atoms with Crippen molar-refractivity contribution in [1.29, 1.82) is 0 Å². The lowest BCUT2D eigenvalue weighted by molar-refractivity contribution is 0.0954. The summed E-state index contributed by atoms with van der Waals surface area (Å²) in [6, 6.07) is 20.6. The number of benzene rings is 3. The Morgan fingerprint density at radius 3 is 2.30 bits per heavy atom. The molecule has 0 unspecified atom stereocenters. The van der Waals surface area contributed by atoms with E-state index in [-0.39, 0.29) is 11.7 Å². The van der Waals surface area contributed by atoms with Gasteiger partial charge in [-0.1, -0.05) is 36.4 Å². The quantitative estimate of drug-likeness (QED) is 0.317. The van der Waals surface area contributed by atoms with Gasteiger partial charge in [-0.2, -0.15) is 5.10 Å². The second kappa shape index (κ2) is 9.84. The molecule has 30 heavy (non-hydrogen) atoms. The standard InChI is InChI=1S/C24H21N3O3/c1-2-7-17-10-6-11-20(22(17)28)16-25-27-24(30)19-12-14-21(15-13-19)26-23(29)18-8-4-3-5-9-18/h2-6,8-16,28H,1,7H2,(H,26,29)(H,27,30)/b25-16-. The number of carbonyl (C=O) groups excluding carboxylic acids is 2. The van der Waals surface area contributed by atoms with Gasteiger partial charge in [0.2, 0.25) is 0 Å². The van der Waals surface area contributed by atoms with Gasteiger partial charge in [0, 0.05) is 22.4 Å². The Balaban J connectivity index is 1.60. The fourth-order valence-corrected chi connectivity index (χ4v) is 2.76. The maximum Gasteiger partial charge on any atom is 0.271 e. The van der Waals surface area contributed by atoms with Crippen molar-refractivity contribution in [2.75, 3.05) is 5.32 Å². The number of aromatic hydroxyl groups is 1. The second-order valence-electron chi connectivity index (χ2n) is 6.44. The molecule has 0 saturated heterocycles. The van der Waals surface area contributed by atoms with Crippen LogP contribution in [0.2, 0.25) is 0 Å². The number of hydrogen-bond acceptors (Lipinski definition) is 4. The molecule has 0 aromatic heterocycles. The Morgan fingerprint density at radius 1 is 0.900 bits per heavy atom. The number of nitrogens with one attached hydrogen (secondary N) is 2. The van der Waals surface area contributed by atoms with Crippen LogP contribution in [0.1, 0.15) is 31.8 Å². The van der Waals surface area contributed by atoms with E-state index in [0.29, 0.717) is 28.8 Å². The highest BCUT2D eigenvalue weighted by Crippen LogP contribution is 2.21. The van der Waals surface area contributed by atoms with Crippen LogP contribution >= 0.6 is 0 Å². The lowest BCUT2D eigenvalue weighted by Crippen LogP contribution is -2.18. The van der Waals surface area contributed by atoms with Crippen LogP contribution in [0.25, 0.3) is 0 Å². The predicted molar refractivity (Wildman–Crippen MR) is 118 cm³/mol. The van der Waals surface area contributed by atoms with E-state index >= 15 is 0 Å². The van der Waals surface area contributed by atoms with Crippen LogP contribution in [0.4, 0.5) is 5.69 Å². The molecular formula is C24H21N3O3. The van der Waals surface area contributed by atoms with Gasteiger partial charge < -0.3 is 10.4 Å². The molecule has 2 amide bonds. The van der Waals surface area contributed by atoms with E-state index in [2.05, 4.69) is 22.4 Å². The fraction of sp³-hybridized carbons (Fsp3) is 0.0417. The summed E-state index contributed by atoms with van der Waals surface area (Å²) < 4.78 is 0. The molecular weight excluding hydrogens is 378 g/mol. The number of hydrazone groups is 1. The zero-order chi connectivity index (χ0) is 21.3. The monoisotopic (exact) mass is 399 g/mol. The molecule has 0 fully saturated rings. The molecule has 0 radical (unpaired) electrons. The smallest absolute Gasteiger partial charge is 0.271 e. The first-order chi connectivity index (χ1) is 14.6. The molecule has 0 spiro atoms. The lowest BCUT2D eigenvalue weighted by Gasteiger charge is -2.06. The van der Waals surface area contributed by atoms with Crippen LogP contribution in [0.3, 0.4) is 0 Å². The summed E-state index contributed by atoms with van der Waals surface area (Å²) in [5, 5.41) is 16.9. The van der Waals surface area contributed by atoms with Crippen LogP contribution in [0.5, 0.6) is 5.75 Å². The predicted octanol–water partition coefficient (Wildman–Crippen LogP) is 4.14. The minimum Gasteiger partial charge on any atom is -0.507 e. The second-order valence-corrected chi connectivity index (χ2v) is 6.44. The maximum absolute atomic E-state index is 12.3. The highest BCUT2D eigenvalue weighted by atomic mass is 16.3. The Bertz CT molecular complexity index is 1070. The third-order valence-electron chi connectivity index (χ3n) is 4.33. The Kier molecular flexibility index (Phi) is 6.74. The zero-order valence-electron chi connectivity index (χ0n) is 16.2. The van der Waals surface area contributed by atoms with Gasteiger partial charge in [0.05, 0.1) is 6.21 Å². The van der Waals surface area contributed by atoms with E-state index in [9.17, 15) is 14.7 Å². The first-order valence-electron chi connectivity index (χ1n) is 9.30. The summed E-state index contributed by atoms with van der Waals surface area (Å²) >= 11 is 0. The van der Waals surface area contributed by atoms with Crippen molar-refractivity contribution in [2.45, 2.75) is 6.42 Å². The van der Waals surface area contributed by atoms with E-state index in [1.165, 1.54) is 6.21 Å². The van der Waals surface area contributed by atoms with Crippen LogP contribution in [-0.4, -0.2) is 23.1 Å². The topological polar surface area (TPSA) is 90.8 Å². The van der Waals surface area contributed by atoms with Crippen molar-refractivity contribution in [1.82, 2.24) is 5.43 Å². The Labute approximate surface area is 174 Å². The van der Waals surface area contributed by atoms with Crippen LogP contribution < -0.4 is 10.7 Å². The normalized spacial score (nSPS) is 10.5. The highest BCUT2D eigenvalue weighted by Gasteiger charge is 2.08. The maximum atomic E-state index is 12.3. The SMILES string of the molecule is C=CCc1cccc(/C=N\NC(=O)c2ccc(NC(=O)c3ccccc3)cc2)c1O. The molecule has 3 aromatic carbocycles. The molecule has 0 atom stereocenters. The number of hydrogen-bond donors (Lipinski definition) is 3. The molecule has 6 heteroatoms. The Morgan fingerprint density at radius 2 is 1.60 bits per heavy atom. The summed E-state index contributed by atoms with van der Waals surface area (Å²) in [4.78, 5) is 24.4. The molecule has 0 aliphatic heterocycles. The Hall–Kier alpha value is -4.19. The number of rotatable bonds is 7. The minimum absolute atomic E-state index is 0.105. The van der Waals surface area contributed by atoms with Crippen LogP contribution in [-0.2, 0) is 6.42 Å². The largest absolute Gasteiger partial charge is 0.507 e. The van der Waals surface area contributed by atoms with Crippen LogP contribution in [0.15, 0.2) is 90.6 Å². The first kappa shape index (κ1) is 20.5. The molecule has 0 heterocycles. The number of phenols is 1. The molecule has 0 aliphatic carbocycles. The van der Waals surface area contributed by atoms with Crippen molar-refractivity contribution in [3.63, 3.8) is 0 Å². The number of nitrogens with zero attached hydrogens (tertiary/aromatic N) is 1. The van der Waals surface area contributed by atoms with Gasteiger partial charge in [-0.15, -0.1) is 6.58 Å². The third-order valence-corrected chi connectivity index (χ3v) is 4.33. The van der Waals surface area contributed by atoms with Gasteiger partial charge in [0.25, 0.3) is 11.8 Å². The van der Waals surface area contributed by atoms with E-state index in [4.69, 9.17) is 0 Å². The van der Waals surface area contributed by atoms with E-state index in [0.717, 1.165) is 5.56 Å². The minimum atomic E-state index is -0.408. The fourth-order valence-electron chi connectivity index (χ4n) is 2.76. The first-order valence-corrected chi connectivity index (χ1v) is 9.30. The number of allylic oxidation sites excluding steroid dienone is 1.